The van der Waals surface area contributed by atoms with Crippen molar-refractivity contribution in [3.63, 3.8) is 0 Å². The first kappa shape index (κ1) is 18.2. The van der Waals surface area contributed by atoms with Crippen LogP contribution in [0.15, 0.2) is 35.1 Å². The lowest BCUT2D eigenvalue weighted by Crippen LogP contribution is -2.08. The molecule has 0 aliphatic rings. The van der Waals surface area contributed by atoms with Crippen molar-refractivity contribution in [1.82, 2.24) is 9.88 Å². The molecule has 4 heteroatoms. The molecule has 0 aliphatic heterocycles. The molecule has 0 atom stereocenters. The molecule has 0 saturated carbocycles. The third-order valence-electron chi connectivity index (χ3n) is 3.21. The first-order chi connectivity index (χ1) is 10.6. The number of aromatic nitrogens is 1. The van der Waals surface area contributed by atoms with E-state index in [9.17, 15) is 0 Å². The Morgan fingerprint density at radius 2 is 2.14 bits per heavy atom. The minimum atomic E-state index is 0.596. The molecule has 22 heavy (non-hydrogen) atoms. The maximum Gasteiger partial charge on any atom is 0.122 e. The van der Waals surface area contributed by atoms with Crippen LogP contribution in [0.2, 0.25) is 0 Å². The topological polar surface area (TPSA) is 37.7 Å². The molecule has 0 spiro atoms. The fourth-order valence-corrected chi connectivity index (χ4v) is 2.18. The summed E-state index contributed by atoms with van der Waals surface area (Å²) in [5.41, 5.74) is 3.33. The van der Waals surface area contributed by atoms with E-state index in [0.717, 1.165) is 24.3 Å². The van der Waals surface area contributed by atoms with E-state index >= 15 is 0 Å². The Morgan fingerprint density at radius 3 is 2.77 bits per heavy atom. The average molecular weight is 303 g/mol. The second-order valence-corrected chi connectivity index (χ2v) is 5.56. The molecule has 0 unspecified atom stereocenters. The maximum atomic E-state index is 5.51. The Balaban J connectivity index is 2.85. The van der Waals surface area contributed by atoms with Gasteiger partial charge < -0.3 is 9.64 Å². The number of nitrogens with zero attached hydrogens (tertiary/aromatic N) is 3. The third kappa shape index (κ3) is 6.74. The van der Waals surface area contributed by atoms with Crippen molar-refractivity contribution in [2.45, 2.75) is 46.6 Å². The average Bonchev–Trinajstić information content (AvgIpc) is 2.47. The van der Waals surface area contributed by atoms with Gasteiger partial charge in [0.25, 0.3) is 0 Å². The molecule has 1 rings (SSSR count). The van der Waals surface area contributed by atoms with Crippen molar-refractivity contribution in [2.24, 2.45) is 4.99 Å². The summed E-state index contributed by atoms with van der Waals surface area (Å²) in [5, 5.41) is 0. The van der Waals surface area contributed by atoms with Gasteiger partial charge in [0.1, 0.15) is 5.75 Å². The molecule has 0 fully saturated rings. The normalized spacial score (nSPS) is 12.4. The Labute approximate surface area is 134 Å². The highest BCUT2D eigenvalue weighted by Gasteiger charge is 2.04. The summed E-state index contributed by atoms with van der Waals surface area (Å²) < 4.78 is 5.51. The van der Waals surface area contributed by atoms with E-state index in [1.807, 2.05) is 33.2 Å². The number of rotatable bonds is 9. The molecule has 0 bridgehead atoms. The van der Waals surface area contributed by atoms with E-state index < -0.39 is 0 Å². The number of ether oxygens (including phenoxy) is 1. The summed E-state index contributed by atoms with van der Waals surface area (Å²) in [6, 6.07) is 3.85. The van der Waals surface area contributed by atoms with Crippen LogP contribution in [-0.4, -0.2) is 36.3 Å². The van der Waals surface area contributed by atoms with Crippen LogP contribution < -0.4 is 4.74 Å². The van der Waals surface area contributed by atoms with Gasteiger partial charge in [-0.15, -0.1) is 0 Å². The van der Waals surface area contributed by atoms with Gasteiger partial charge in [-0.05, 0) is 38.3 Å². The molecule has 122 valence electrons. The first-order valence-electron chi connectivity index (χ1n) is 8.03. The van der Waals surface area contributed by atoms with Gasteiger partial charge in [-0.1, -0.05) is 13.3 Å². The summed E-state index contributed by atoms with van der Waals surface area (Å²) >= 11 is 0. The van der Waals surface area contributed by atoms with Gasteiger partial charge in [0.05, 0.1) is 18.8 Å². The largest absolute Gasteiger partial charge is 0.494 e. The zero-order valence-electron chi connectivity index (χ0n) is 14.6. The Bertz CT molecular complexity index is 507. The van der Waals surface area contributed by atoms with E-state index in [4.69, 9.17) is 9.73 Å². The zero-order valence-corrected chi connectivity index (χ0v) is 14.6. The number of unbranched alkanes of at least 4 members (excludes halogenated alkanes) is 1. The van der Waals surface area contributed by atoms with Crippen molar-refractivity contribution >= 4 is 5.71 Å². The number of allylic oxidation sites excluding steroid dienone is 1. The number of pyridine rings is 1. The summed E-state index contributed by atoms with van der Waals surface area (Å²) in [6.45, 7) is 7.57. The van der Waals surface area contributed by atoms with Gasteiger partial charge in [0.2, 0.25) is 0 Å². The molecular formula is C18H29N3O. The monoisotopic (exact) mass is 303 g/mol. The van der Waals surface area contributed by atoms with Crippen LogP contribution in [0.25, 0.3) is 0 Å². The van der Waals surface area contributed by atoms with Gasteiger partial charge in [-0.3, -0.25) is 9.98 Å². The highest BCUT2D eigenvalue weighted by atomic mass is 16.5. The predicted molar refractivity (Wildman–Crippen MR) is 93.5 cm³/mol. The molecule has 0 amide bonds. The summed E-state index contributed by atoms with van der Waals surface area (Å²) in [4.78, 5) is 11.2. The second kappa shape index (κ2) is 9.98. The molecule has 1 aromatic heterocycles. The third-order valence-corrected chi connectivity index (χ3v) is 3.21. The van der Waals surface area contributed by atoms with Gasteiger partial charge in [0.15, 0.2) is 0 Å². The zero-order chi connectivity index (χ0) is 16.4. The van der Waals surface area contributed by atoms with Gasteiger partial charge in [0, 0.05) is 38.3 Å². The molecule has 0 aromatic carbocycles. The van der Waals surface area contributed by atoms with Crippen molar-refractivity contribution in [3.8, 4) is 5.75 Å². The van der Waals surface area contributed by atoms with E-state index in [0.29, 0.717) is 13.2 Å². The fourth-order valence-electron chi connectivity index (χ4n) is 2.18. The minimum Gasteiger partial charge on any atom is -0.494 e. The van der Waals surface area contributed by atoms with Crippen LogP contribution >= 0.6 is 0 Å². The Morgan fingerprint density at radius 1 is 1.36 bits per heavy atom. The van der Waals surface area contributed by atoms with Crippen molar-refractivity contribution < 1.29 is 4.74 Å². The fraction of sp³-hybridized carbons (Fsp3) is 0.556. The van der Waals surface area contributed by atoms with E-state index in [-0.39, 0.29) is 0 Å². The predicted octanol–water partition coefficient (Wildman–Crippen LogP) is 4.08. The van der Waals surface area contributed by atoms with Gasteiger partial charge in [-0.2, -0.15) is 0 Å². The lowest BCUT2D eigenvalue weighted by Gasteiger charge is -2.11. The minimum absolute atomic E-state index is 0.596. The highest BCUT2D eigenvalue weighted by Crippen LogP contribution is 2.13. The summed E-state index contributed by atoms with van der Waals surface area (Å²) in [6.07, 6.45) is 7.25. The van der Waals surface area contributed by atoms with Gasteiger partial charge >= 0.3 is 0 Å². The molecule has 0 N–H and O–H groups in total. The van der Waals surface area contributed by atoms with E-state index in [1.54, 1.807) is 6.20 Å². The van der Waals surface area contributed by atoms with Crippen LogP contribution in [0.4, 0.5) is 0 Å². The van der Waals surface area contributed by atoms with Crippen LogP contribution in [0.1, 0.15) is 45.7 Å². The van der Waals surface area contributed by atoms with Crippen LogP contribution in [0.3, 0.4) is 0 Å². The molecule has 1 heterocycles. The number of hydrogen-bond donors (Lipinski definition) is 0. The second-order valence-electron chi connectivity index (χ2n) is 5.56. The molecule has 0 saturated heterocycles. The Kier molecular flexibility index (Phi) is 8.26. The van der Waals surface area contributed by atoms with Gasteiger partial charge in [-0.25, -0.2) is 0 Å². The van der Waals surface area contributed by atoms with Crippen molar-refractivity contribution in [3.05, 3.63) is 35.8 Å². The number of aliphatic imine (C=N–C) groups is 1. The van der Waals surface area contributed by atoms with E-state index in [1.165, 1.54) is 17.7 Å². The molecule has 0 aliphatic carbocycles. The van der Waals surface area contributed by atoms with Crippen molar-refractivity contribution in [2.75, 3.05) is 20.7 Å². The summed E-state index contributed by atoms with van der Waals surface area (Å²) in [7, 11) is 4.07. The number of hydrogen-bond acceptors (Lipinski definition) is 4. The molecule has 4 nitrogen and oxygen atoms in total. The van der Waals surface area contributed by atoms with Crippen LogP contribution in [0.5, 0.6) is 5.75 Å². The standard InChI is InChI=1S/C18H29N3O/c1-6-8-9-18(15(3)14-21(4)5)20-13-16-12-17(22-7-2)10-11-19-16/h10-12,14H,6-9,13H2,1-5H3/b15-14+,20-18?. The van der Waals surface area contributed by atoms with Crippen molar-refractivity contribution in [1.29, 1.82) is 0 Å². The SMILES string of the molecule is CCCCC(=NCc1cc(OCC)ccn1)/C(C)=C/N(C)C. The van der Waals surface area contributed by atoms with Crippen LogP contribution in [0, 0.1) is 0 Å². The van der Waals surface area contributed by atoms with E-state index in [2.05, 4.69) is 29.9 Å². The smallest absolute Gasteiger partial charge is 0.122 e. The quantitative estimate of drug-likeness (QED) is 0.645. The summed E-state index contributed by atoms with van der Waals surface area (Å²) in [5.74, 6) is 0.860. The maximum absolute atomic E-state index is 5.51. The lowest BCUT2D eigenvalue weighted by molar-refractivity contribution is 0.339. The molecular weight excluding hydrogens is 274 g/mol. The highest BCUT2D eigenvalue weighted by molar-refractivity contribution is 5.99. The first-order valence-corrected chi connectivity index (χ1v) is 8.03. The van der Waals surface area contributed by atoms with Crippen LogP contribution in [-0.2, 0) is 6.54 Å². The molecule has 0 radical (unpaired) electrons. The molecule has 1 aromatic rings. The Hall–Kier alpha value is -1.84. The lowest BCUT2D eigenvalue weighted by atomic mass is 10.1.